The summed E-state index contributed by atoms with van der Waals surface area (Å²) in [4.78, 5) is 42.1. The summed E-state index contributed by atoms with van der Waals surface area (Å²) in [5.41, 5.74) is 0.595. The fourth-order valence-electron chi connectivity index (χ4n) is 5.26. The van der Waals surface area contributed by atoms with Gasteiger partial charge in [-0.25, -0.2) is 9.78 Å². The minimum Gasteiger partial charge on any atom is -0.323 e. The lowest BCUT2D eigenvalue weighted by molar-refractivity contribution is -0.128. The van der Waals surface area contributed by atoms with Crippen molar-refractivity contribution in [2.24, 2.45) is 30.8 Å². The summed E-state index contributed by atoms with van der Waals surface area (Å²) in [6.07, 6.45) is 4.89. The van der Waals surface area contributed by atoms with Crippen molar-refractivity contribution in [3.8, 4) is 0 Å². The average molecular weight is 432 g/mol. The molecule has 2 atom stereocenters. The van der Waals surface area contributed by atoms with E-state index in [4.69, 9.17) is 0 Å². The molecule has 8 heteroatoms. The Morgan fingerprint density at radius 2 is 1.74 bits per heavy atom. The fraction of sp³-hybridized carbons (Fsp3) is 0.739. The van der Waals surface area contributed by atoms with E-state index in [1.54, 1.807) is 13.4 Å². The number of nitrogens with zero attached hydrogens (tertiary/aromatic N) is 5. The summed E-state index contributed by atoms with van der Waals surface area (Å²) >= 11 is 0. The molecule has 0 saturated heterocycles. The fourth-order valence-corrected chi connectivity index (χ4v) is 5.26. The van der Waals surface area contributed by atoms with Crippen LogP contribution in [0.5, 0.6) is 0 Å². The number of rotatable bonds is 5. The molecule has 0 radical (unpaired) electrons. The van der Waals surface area contributed by atoms with Crippen LogP contribution in [0.15, 0.2) is 15.9 Å². The number of fused-ring (bicyclic) bond motifs is 3. The van der Waals surface area contributed by atoms with Gasteiger partial charge in [-0.15, -0.1) is 0 Å². The maximum atomic E-state index is 12.2. The Morgan fingerprint density at radius 3 is 2.19 bits per heavy atom. The second kappa shape index (κ2) is 8.37. The molecule has 31 heavy (non-hydrogen) atoms. The third-order valence-corrected chi connectivity index (χ3v) is 8.25. The van der Waals surface area contributed by atoms with Crippen LogP contribution in [0.2, 0.25) is 0 Å². The average Bonchev–Trinajstić information content (AvgIpc) is 3.31. The first-order valence-electron chi connectivity index (χ1n) is 11.4. The van der Waals surface area contributed by atoms with E-state index < -0.39 is 0 Å². The van der Waals surface area contributed by atoms with Gasteiger partial charge >= 0.3 is 5.69 Å². The molecule has 8 nitrogen and oxygen atoms in total. The molecule has 0 aliphatic heterocycles. The van der Waals surface area contributed by atoms with E-state index >= 15 is 0 Å². The summed E-state index contributed by atoms with van der Waals surface area (Å²) in [6.45, 7) is 14.4. The SMILES string of the molecule is CC12CCC(CC1=O)C2(C)C.CCN(CC)CCn1cnc2c1c(=O)n(C)c(=O)n2C. The summed E-state index contributed by atoms with van der Waals surface area (Å²) in [6, 6.07) is 0. The Morgan fingerprint density at radius 1 is 1.10 bits per heavy atom. The van der Waals surface area contributed by atoms with Crippen LogP contribution >= 0.6 is 0 Å². The van der Waals surface area contributed by atoms with E-state index in [-0.39, 0.29) is 22.1 Å². The molecule has 4 rings (SSSR count). The molecular weight excluding hydrogens is 394 g/mol. The van der Waals surface area contributed by atoms with Gasteiger partial charge in [0.15, 0.2) is 11.2 Å². The smallest absolute Gasteiger partial charge is 0.323 e. The van der Waals surface area contributed by atoms with Gasteiger partial charge in [0.2, 0.25) is 0 Å². The molecule has 0 amide bonds. The number of hydrogen-bond acceptors (Lipinski definition) is 5. The van der Waals surface area contributed by atoms with E-state index in [9.17, 15) is 14.4 Å². The van der Waals surface area contributed by atoms with Crippen LogP contribution in [0, 0.1) is 16.7 Å². The normalized spacial score (nSPS) is 24.1. The van der Waals surface area contributed by atoms with Crippen molar-refractivity contribution < 1.29 is 4.79 Å². The number of hydrogen-bond donors (Lipinski definition) is 0. The first-order valence-corrected chi connectivity index (χ1v) is 11.4. The lowest BCUT2D eigenvalue weighted by atomic mass is 9.70. The van der Waals surface area contributed by atoms with Gasteiger partial charge in [0.05, 0.1) is 6.33 Å². The molecule has 2 fully saturated rings. The number of aryl methyl sites for hydroxylation is 1. The van der Waals surface area contributed by atoms with Crippen LogP contribution in [0.3, 0.4) is 0 Å². The molecule has 2 saturated carbocycles. The highest BCUT2D eigenvalue weighted by atomic mass is 16.2. The zero-order valence-corrected chi connectivity index (χ0v) is 20.1. The van der Waals surface area contributed by atoms with Gasteiger partial charge in [0, 0.05) is 39.0 Å². The predicted octanol–water partition coefficient (Wildman–Crippen LogP) is 2.18. The Labute approximate surface area is 183 Å². The first-order chi connectivity index (χ1) is 14.5. The molecule has 2 aliphatic rings. The number of aromatic nitrogens is 4. The van der Waals surface area contributed by atoms with Crippen LogP contribution < -0.4 is 11.2 Å². The van der Waals surface area contributed by atoms with Crippen LogP contribution in [0.25, 0.3) is 11.2 Å². The molecule has 2 aromatic rings. The molecular formula is C23H37N5O3. The molecule has 2 aliphatic carbocycles. The van der Waals surface area contributed by atoms with Crippen molar-refractivity contribution in [1.82, 2.24) is 23.6 Å². The summed E-state index contributed by atoms with van der Waals surface area (Å²) in [5, 5.41) is 0. The third-order valence-electron chi connectivity index (χ3n) is 8.25. The van der Waals surface area contributed by atoms with Gasteiger partial charge in [-0.1, -0.05) is 34.6 Å². The quantitative estimate of drug-likeness (QED) is 0.725. The zero-order valence-electron chi connectivity index (χ0n) is 20.1. The van der Waals surface area contributed by atoms with Crippen molar-refractivity contribution in [2.75, 3.05) is 19.6 Å². The highest BCUT2D eigenvalue weighted by molar-refractivity contribution is 5.89. The summed E-state index contributed by atoms with van der Waals surface area (Å²) in [7, 11) is 3.12. The van der Waals surface area contributed by atoms with Crippen molar-refractivity contribution >= 4 is 16.9 Å². The van der Waals surface area contributed by atoms with Crippen molar-refractivity contribution in [2.45, 2.75) is 60.4 Å². The number of ketones is 1. The second-order valence-electron chi connectivity index (χ2n) is 9.76. The summed E-state index contributed by atoms with van der Waals surface area (Å²) in [5.74, 6) is 1.19. The number of likely N-dealkylation sites (N-methyl/N-ethyl adjacent to an activating group) is 1. The van der Waals surface area contributed by atoms with E-state index in [0.717, 1.165) is 37.0 Å². The van der Waals surface area contributed by atoms with E-state index in [1.807, 2.05) is 4.57 Å². The molecule has 172 valence electrons. The minimum absolute atomic E-state index is 0.0255. The van der Waals surface area contributed by atoms with Crippen molar-refractivity contribution in [1.29, 1.82) is 0 Å². The maximum Gasteiger partial charge on any atom is 0.332 e. The third kappa shape index (κ3) is 3.69. The van der Waals surface area contributed by atoms with E-state index in [1.165, 1.54) is 18.0 Å². The topological polar surface area (TPSA) is 82.1 Å². The number of carbonyl (C=O) groups is 1. The Bertz CT molecular complexity index is 1090. The van der Waals surface area contributed by atoms with Gasteiger partial charge in [-0.05, 0) is 37.3 Å². The zero-order chi connectivity index (χ0) is 23.1. The predicted molar refractivity (Wildman–Crippen MR) is 122 cm³/mol. The van der Waals surface area contributed by atoms with Crippen LogP contribution in [0.1, 0.15) is 53.9 Å². The minimum atomic E-state index is -0.350. The van der Waals surface area contributed by atoms with Crippen molar-refractivity contribution in [3.63, 3.8) is 0 Å². The number of carbonyl (C=O) groups excluding carboxylic acids is 1. The van der Waals surface area contributed by atoms with Crippen LogP contribution in [-0.2, 0) is 25.4 Å². The maximum absolute atomic E-state index is 12.2. The van der Waals surface area contributed by atoms with Gasteiger partial charge in [-0.2, -0.15) is 0 Å². The molecule has 2 aromatic heterocycles. The molecule has 0 aromatic carbocycles. The molecule has 2 unspecified atom stereocenters. The number of imidazole rings is 1. The molecule has 2 heterocycles. The van der Waals surface area contributed by atoms with Gasteiger partial charge in [0.25, 0.3) is 5.56 Å². The van der Waals surface area contributed by atoms with E-state index in [2.05, 4.69) is 44.5 Å². The monoisotopic (exact) mass is 431 g/mol. The molecule has 2 bridgehead atoms. The largest absolute Gasteiger partial charge is 0.332 e. The van der Waals surface area contributed by atoms with Gasteiger partial charge in [0.1, 0.15) is 5.78 Å². The Balaban J connectivity index is 0.000000207. The first kappa shape index (κ1) is 23.4. The second-order valence-corrected chi connectivity index (χ2v) is 9.76. The van der Waals surface area contributed by atoms with Gasteiger partial charge < -0.3 is 9.47 Å². The number of Topliss-reactive ketones (excluding diaryl/α,β-unsaturated/α-hetero) is 1. The lowest BCUT2D eigenvalue weighted by Crippen LogP contribution is -2.38. The van der Waals surface area contributed by atoms with E-state index in [0.29, 0.717) is 29.4 Å². The lowest BCUT2D eigenvalue weighted by Gasteiger charge is -2.32. The van der Waals surface area contributed by atoms with Gasteiger partial charge in [-0.3, -0.25) is 18.7 Å². The highest BCUT2D eigenvalue weighted by Gasteiger charge is 2.61. The molecule has 0 spiro atoms. The summed E-state index contributed by atoms with van der Waals surface area (Å²) < 4.78 is 4.36. The standard InChI is InChI=1S/C13H21N5O2.C10H16O/c1-5-17(6-2)7-8-18-9-14-11-10(18)12(19)16(4)13(20)15(11)3;1-9(2)7-4-5-10(9,3)8(11)6-7/h9H,5-8H2,1-4H3;7H,4-6H2,1-3H3. The Kier molecular flexibility index (Phi) is 6.33. The van der Waals surface area contributed by atoms with Crippen LogP contribution in [0.4, 0.5) is 0 Å². The highest BCUT2D eigenvalue weighted by Crippen LogP contribution is 2.63. The molecule has 0 N–H and O–H groups in total. The van der Waals surface area contributed by atoms with Crippen molar-refractivity contribution in [3.05, 3.63) is 27.2 Å². The Hall–Kier alpha value is -2.22. The van der Waals surface area contributed by atoms with Crippen LogP contribution in [-0.4, -0.2) is 49.0 Å².